The summed E-state index contributed by atoms with van der Waals surface area (Å²) in [4.78, 5) is 2.25. The van der Waals surface area contributed by atoms with E-state index in [1.54, 1.807) is 0 Å². The van der Waals surface area contributed by atoms with E-state index < -0.39 is 10.0 Å². The maximum absolute atomic E-state index is 12.1. The van der Waals surface area contributed by atoms with Crippen LogP contribution >= 0.6 is 0 Å². The molecule has 0 aliphatic carbocycles. The lowest BCUT2D eigenvalue weighted by atomic mass is 10.2. The molecule has 0 saturated heterocycles. The van der Waals surface area contributed by atoms with Gasteiger partial charge in [0.25, 0.3) is 0 Å². The Labute approximate surface area is 138 Å². The highest BCUT2D eigenvalue weighted by Gasteiger charge is 2.18. The van der Waals surface area contributed by atoms with Crippen LogP contribution in [0, 0.1) is 0 Å². The molecule has 122 valence electrons. The van der Waals surface area contributed by atoms with Gasteiger partial charge in [0.05, 0.1) is 5.75 Å². The summed E-state index contributed by atoms with van der Waals surface area (Å²) in [7, 11) is -3.23. The van der Waals surface area contributed by atoms with Crippen LogP contribution in [0.5, 0.6) is 0 Å². The lowest BCUT2D eigenvalue weighted by Crippen LogP contribution is -2.35. The van der Waals surface area contributed by atoms with Crippen LogP contribution in [0.4, 0.5) is 5.69 Å². The number of benzene rings is 2. The maximum Gasteiger partial charge on any atom is 0.211 e. The van der Waals surface area contributed by atoms with Crippen molar-refractivity contribution in [1.29, 1.82) is 0 Å². The van der Waals surface area contributed by atoms with Crippen LogP contribution in [0.25, 0.3) is 0 Å². The van der Waals surface area contributed by atoms with Gasteiger partial charge >= 0.3 is 0 Å². The van der Waals surface area contributed by atoms with Crippen LogP contribution in [0.1, 0.15) is 11.1 Å². The highest BCUT2D eigenvalue weighted by atomic mass is 32.2. The van der Waals surface area contributed by atoms with Crippen molar-refractivity contribution in [3.63, 3.8) is 0 Å². The fourth-order valence-corrected chi connectivity index (χ4v) is 4.00. The van der Waals surface area contributed by atoms with Gasteiger partial charge in [-0.1, -0.05) is 48.5 Å². The Bertz CT molecular complexity index is 745. The second-order valence-corrected chi connectivity index (χ2v) is 7.74. The highest BCUT2D eigenvalue weighted by Crippen LogP contribution is 2.26. The smallest absolute Gasteiger partial charge is 0.211 e. The van der Waals surface area contributed by atoms with E-state index in [-0.39, 0.29) is 5.75 Å². The molecule has 0 amide bonds. The molecule has 0 unspecified atom stereocenters. The van der Waals surface area contributed by atoms with Crippen molar-refractivity contribution >= 4 is 15.7 Å². The Morgan fingerprint density at radius 2 is 1.74 bits per heavy atom. The molecule has 1 N–H and O–H groups in total. The first-order valence-electron chi connectivity index (χ1n) is 7.98. The van der Waals surface area contributed by atoms with E-state index >= 15 is 0 Å². The molecule has 5 heteroatoms. The number of sulfonamides is 1. The molecule has 0 fully saturated rings. The quantitative estimate of drug-likeness (QED) is 0.847. The van der Waals surface area contributed by atoms with Gasteiger partial charge in [0.15, 0.2) is 0 Å². The molecule has 2 aromatic carbocycles. The standard InChI is InChI=1S/C18H22N2O2S/c21-23(22,15-11-16-6-2-1-3-7-16)19-12-14-20-13-10-17-8-4-5-9-18(17)20/h1-9,19H,10-15H2. The average Bonchev–Trinajstić information content (AvgIpc) is 2.97. The molecule has 0 spiro atoms. The molecule has 1 heterocycles. The van der Waals surface area contributed by atoms with E-state index in [2.05, 4.69) is 27.8 Å². The van der Waals surface area contributed by atoms with Crippen LogP contribution in [0.2, 0.25) is 0 Å². The number of fused-ring (bicyclic) bond motifs is 1. The zero-order chi connectivity index (χ0) is 16.1. The van der Waals surface area contributed by atoms with Gasteiger partial charge in [-0.05, 0) is 30.0 Å². The van der Waals surface area contributed by atoms with Crippen molar-refractivity contribution in [2.75, 3.05) is 30.3 Å². The minimum absolute atomic E-state index is 0.133. The number of hydrogen-bond acceptors (Lipinski definition) is 3. The number of anilines is 1. The summed E-state index contributed by atoms with van der Waals surface area (Å²) in [6, 6.07) is 18.0. The van der Waals surface area contributed by atoms with Gasteiger partial charge in [0.1, 0.15) is 0 Å². The normalized spacial score (nSPS) is 14.0. The molecule has 3 rings (SSSR count). The van der Waals surface area contributed by atoms with Crippen LogP contribution in [0.3, 0.4) is 0 Å². The molecule has 1 aliphatic heterocycles. The zero-order valence-electron chi connectivity index (χ0n) is 13.1. The lowest BCUT2D eigenvalue weighted by molar-refractivity contribution is 0.580. The molecular formula is C18H22N2O2S. The summed E-state index contributed by atoms with van der Waals surface area (Å²) in [5.41, 5.74) is 3.63. The predicted molar refractivity (Wildman–Crippen MR) is 94.3 cm³/mol. The van der Waals surface area contributed by atoms with E-state index in [1.807, 2.05) is 36.4 Å². The van der Waals surface area contributed by atoms with Crippen LogP contribution < -0.4 is 9.62 Å². The lowest BCUT2D eigenvalue weighted by Gasteiger charge is -2.19. The second kappa shape index (κ2) is 7.15. The molecule has 0 atom stereocenters. The van der Waals surface area contributed by atoms with Gasteiger partial charge in [-0.3, -0.25) is 0 Å². The first-order chi connectivity index (χ1) is 11.1. The average molecular weight is 330 g/mol. The summed E-state index contributed by atoms with van der Waals surface area (Å²) in [6.07, 6.45) is 1.58. The SMILES string of the molecule is O=S(=O)(CCc1ccccc1)NCCN1CCc2ccccc21. The second-order valence-electron chi connectivity index (χ2n) is 5.81. The minimum atomic E-state index is -3.23. The van der Waals surface area contributed by atoms with Gasteiger partial charge < -0.3 is 4.90 Å². The van der Waals surface area contributed by atoms with Crippen molar-refractivity contribution in [2.45, 2.75) is 12.8 Å². The molecule has 0 saturated carbocycles. The molecule has 4 nitrogen and oxygen atoms in total. The molecular weight excluding hydrogens is 308 g/mol. The number of nitrogens with one attached hydrogen (secondary N) is 1. The van der Waals surface area contributed by atoms with Crippen molar-refractivity contribution in [2.24, 2.45) is 0 Å². The molecule has 23 heavy (non-hydrogen) atoms. The first-order valence-corrected chi connectivity index (χ1v) is 9.63. The fourth-order valence-electron chi connectivity index (χ4n) is 2.94. The van der Waals surface area contributed by atoms with Gasteiger partial charge in [-0.25, -0.2) is 13.1 Å². The zero-order valence-corrected chi connectivity index (χ0v) is 13.9. The third-order valence-corrected chi connectivity index (χ3v) is 5.57. The maximum atomic E-state index is 12.1. The topological polar surface area (TPSA) is 49.4 Å². The van der Waals surface area contributed by atoms with Crippen LogP contribution in [-0.2, 0) is 22.9 Å². The van der Waals surface area contributed by atoms with Gasteiger partial charge in [-0.15, -0.1) is 0 Å². The van der Waals surface area contributed by atoms with E-state index in [4.69, 9.17) is 0 Å². The monoisotopic (exact) mass is 330 g/mol. The van der Waals surface area contributed by atoms with Crippen molar-refractivity contribution in [1.82, 2.24) is 4.72 Å². The number of hydrogen-bond donors (Lipinski definition) is 1. The number of aryl methyl sites for hydroxylation is 1. The molecule has 0 radical (unpaired) electrons. The van der Waals surface area contributed by atoms with E-state index in [0.717, 1.165) is 18.5 Å². The molecule has 0 bridgehead atoms. The number of rotatable bonds is 7. The molecule has 2 aromatic rings. The fraction of sp³-hybridized carbons (Fsp3) is 0.333. The first kappa shape index (κ1) is 16.0. The number of para-hydroxylation sites is 1. The summed E-state index contributed by atoms with van der Waals surface area (Å²) < 4.78 is 26.9. The van der Waals surface area contributed by atoms with E-state index in [1.165, 1.54) is 11.3 Å². The predicted octanol–water partition coefficient (Wildman–Crippen LogP) is 2.21. The summed E-state index contributed by atoms with van der Waals surface area (Å²) >= 11 is 0. The van der Waals surface area contributed by atoms with Crippen molar-refractivity contribution < 1.29 is 8.42 Å². The Morgan fingerprint density at radius 1 is 1.00 bits per heavy atom. The number of nitrogens with zero attached hydrogens (tertiary/aromatic N) is 1. The molecule has 1 aliphatic rings. The Balaban J connectivity index is 1.47. The minimum Gasteiger partial charge on any atom is -0.370 e. The summed E-state index contributed by atoms with van der Waals surface area (Å²) in [6.45, 7) is 2.12. The van der Waals surface area contributed by atoms with Gasteiger partial charge in [0, 0.05) is 25.3 Å². The van der Waals surface area contributed by atoms with Gasteiger partial charge in [-0.2, -0.15) is 0 Å². The Hall–Kier alpha value is -1.85. The summed E-state index contributed by atoms with van der Waals surface area (Å²) in [5.74, 6) is 0.133. The Kier molecular flexibility index (Phi) is 4.98. The Morgan fingerprint density at radius 3 is 2.57 bits per heavy atom. The largest absolute Gasteiger partial charge is 0.370 e. The molecule has 0 aromatic heterocycles. The van der Waals surface area contributed by atoms with Crippen molar-refractivity contribution in [3.8, 4) is 0 Å². The third-order valence-electron chi connectivity index (χ3n) is 4.19. The summed E-state index contributed by atoms with van der Waals surface area (Å²) in [5, 5.41) is 0. The van der Waals surface area contributed by atoms with Crippen LogP contribution in [0.15, 0.2) is 54.6 Å². The van der Waals surface area contributed by atoms with Crippen molar-refractivity contribution in [3.05, 3.63) is 65.7 Å². The van der Waals surface area contributed by atoms with E-state index in [9.17, 15) is 8.42 Å². The van der Waals surface area contributed by atoms with Gasteiger partial charge in [0.2, 0.25) is 10.0 Å². The highest BCUT2D eigenvalue weighted by molar-refractivity contribution is 7.89. The third kappa shape index (κ3) is 4.33. The van der Waals surface area contributed by atoms with E-state index in [0.29, 0.717) is 19.5 Å². The van der Waals surface area contributed by atoms with Crippen LogP contribution in [-0.4, -0.2) is 33.8 Å².